The molecule has 1 aliphatic rings. The lowest BCUT2D eigenvalue weighted by Crippen LogP contribution is -2.66. The van der Waals surface area contributed by atoms with Crippen LogP contribution in [0.4, 0.5) is 5.69 Å². The van der Waals surface area contributed by atoms with Crippen LogP contribution in [-0.4, -0.2) is 29.2 Å². The molecular weight excluding hydrogens is 288 g/mol. The van der Waals surface area contributed by atoms with Crippen LogP contribution >= 0.6 is 0 Å². The summed E-state index contributed by atoms with van der Waals surface area (Å²) in [5.41, 5.74) is 11.5. The fourth-order valence-electron chi connectivity index (χ4n) is 3.47. The number of hydrogen-bond acceptors (Lipinski definition) is 3. The van der Waals surface area contributed by atoms with E-state index >= 15 is 0 Å². The number of piperidine rings is 1. The normalized spacial score (nSPS) is 21.2. The summed E-state index contributed by atoms with van der Waals surface area (Å²) in [6, 6.07) is 7.90. The van der Waals surface area contributed by atoms with Gasteiger partial charge in [0.1, 0.15) is 0 Å². The average molecular weight is 318 g/mol. The smallest absolute Gasteiger partial charge is 0.208 e. The minimum Gasteiger partial charge on any atom is -0.380 e. The Hall–Kier alpha value is -1.59. The second kappa shape index (κ2) is 6.89. The van der Waals surface area contributed by atoms with Gasteiger partial charge in [0.25, 0.3) is 0 Å². The molecule has 1 heterocycles. The lowest BCUT2D eigenvalue weighted by atomic mass is 9.82. The Morgan fingerprint density at radius 2 is 1.83 bits per heavy atom. The highest BCUT2D eigenvalue weighted by atomic mass is 16.5. The van der Waals surface area contributed by atoms with Crippen LogP contribution in [0.3, 0.4) is 0 Å². The molecular formula is C18H30N4O. The Balaban J connectivity index is 2.22. The number of nitrogens with two attached hydrogens (primary N) is 1. The Morgan fingerprint density at radius 1 is 1.22 bits per heavy atom. The van der Waals surface area contributed by atoms with Gasteiger partial charge >= 0.3 is 0 Å². The molecule has 1 aromatic carbocycles. The summed E-state index contributed by atoms with van der Waals surface area (Å²) in [5, 5.41) is 2.25. The summed E-state index contributed by atoms with van der Waals surface area (Å²) in [5.74, 6) is 0.414. The minimum absolute atomic E-state index is 0.0357. The highest BCUT2D eigenvalue weighted by Crippen LogP contribution is 2.36. The Morgan fingerprint density at radius 3 is 2.43 bits per heavy atom. The fraction of sp³-hybridized carbons (Fsp3) is 0.611. The van der Waals surface area contributed by atoms with E-state index in [0.29, 0.717) is 12.6 Å². The van der Waals surface area contributed by atoms with E-state index in [1.165, 1.54) is 6.42 Å². The molecule has 0 aliphatic carbocycles. The number of para-hydroxylation sites is 1. The van der Waals surface area contributed by atoms with Crippen molar-refractivity contribution in [2.45, 2.75) is 64.6 Å². The lowest BCUT2D eigenvalue weighted by molar-refractivity contribution is -0.0512. The van der Waals surface area contributed by atoms with Crippen molar-refractivity contribution in [3.05, 3.63) is 29.8 Å². The molecule has 3 N–H and O–H groups in total. The van der Waals surface area contributed by atoms with Crippen LogP contribution in [-0.2, 0) is 11.3 Å². The van der Waals surface area contributed by atoms with E-state index in [4.69, 9.17) is 10.5 Å². The average Bonchev–Trinajstić information content (AvgIpc) is 2.45. The third-order valence-corrected chi connectivity index (χ3v) is 4.55. The van der Waals surface area contributed by atoms with E-state index < -0.39 is 0 Å². The maximum absolute atomic E-state index is 6.20. The zero-order chi connectivity index (χ0) is 17.1. The molecule has 2 rings (SSSR count). The lowest BCUT2D eigenvalue weighted by Gasteiger charge is -2.52. The molecule has 1 aromatic rings. The number of hydrazine groups is 1. The van der Waals surface area contributed by atoms with Gasteiger partial charge in [0.15, 0.2) is 0 Å². The summed E-state index contributed by atoms with van der Waals surface area (Å²) in [4.78, 5) is 4.56. The van der Waals surface area contributed by atoms with Crippen LogP contribution in [0, 0.1) is 0 Å². The standard InChI is InChI=1S/C18H30N4O/c1-17(2)11-8-12-18(3,4)22(17)21-16(19)20-15-10-7-6-9-14(15)13-23-5/h6-7,9-10H,8,11-13H2,1-5H3,(H3,19,20,21). The molecule has 23 heavy (non-hydrogen) atoms. The van der Waals surface area contributed by atoms with Crippen molar-refractivity contribution < 1.29 is 4.74 Å². The molecule has 0 atom stereocenters. The largest absolute Gasteiger partial charge is 0.380 e. The first kappa shape index (κ1) is 17.8. The van der Waals surface area contributed by atoms with Crippen molar-refractivity contribution in [2.75, 3.05) is 7.11 Å². The van der Waals surface area contributed by atoms with Crippen molar-refractivity contribution in [3.8, 4) is 0 Å². The molecule has 0 amide bonds. The molecule has 0 saturated carbocycles. The number of guanidine groups is 1. The second-order valence-corrected chi connectivity index (χ2v) is 7.48. The first-order valence-electron chi connectivity index (χ1n) is 8.24. The maximum atomic E-state index is 6.20. The number of hydrogen-bond donors (Lipinski definition) is 2. The van der Waals surface area contributed by atoms with Crippen molar-refractivity contribution in [3.63, 3.8) is 0 Å². The molecule has 0 aromatic heterocycles. The van der Waals surface area contributed by atoms with Crippen LogP contribution in [0.15, 0.2) is 29.3 Å². The van der Waals surface area contributed by atoms with Gasteiger partial charge in [0, 0.05) is 23.8 Å². The van der Waals surface area contributed by atoms with E-state index in [-0.39, 0.29) is 11.1 Å². The molecule has 1 aliphatic heterocycles. The van der Waals surface area contributed by atoms with E-state index in [0.717, 1.165) is 24.1 Å². The molecule has 0 radical (unpaired) electrons. The number of methoxy groups -OCH3 is 1. The number of ether oxygens (including phenoxy) is 1. The molecule has 0 spiro atoms. The Kier molecular flexibility index (Phi) is 5.32. The number of rotatable bonds is 4. The first-order valence-corrected chi connectivity index (χ1v) is 8.24. The fourth-order valence-corrected chi connectivity index (χ4v) is 3.47. The molecule has 0 bridgehead atoms. The maximum Gasteiger partial charge on any atom is 0.208 e. The molecule has 5 heteroatoms. The van der Waals surface area contributed by atoms with Gasteiger partial charge in [0.2, 0.25) is 5.96 Å². The van der Waals surface area contributed by atoms with E-state index in [1.807, 2.05) is 24.3 Å². The highest BCUT2D eigenvalue weighted by Gasteiger charge is 2.41. The SMILES string of the molecule is COCc1ccccc1N=C(N)NN1C(C)(C)CCCC1(C)C. The first-order chi connectivity index (χ1) is 10.8. The summed E-state index contributed by atoms with van der Waals surface area (Å²) >= 11 is 0. The van der Waals surface area contributed by atoms with Crippen LogP contribution in [0.5, 0.6) is 0 Å². The van der Waals surface area contributed by atoms with Crippen molar-refractivity contribution in [2.24, 2.45) is 10.7 Å². The van der Waals surface area contributed by atoms with E-state index in [1.54, 1.807) is 7.11 Å². The molecule has 1 saturated heterocycles. The van der Waals surface area contributed by atoms with Crippen molar-refractivity contribution >= 4 is 11.6 Å². The summed E-state index contributed by atoms with van der Waals surface area (Å²) < 4.78 is 5.23. The van der Waals surface area contributed by atoms with Gasteiger partial charge in [-0.3, -0.25) is 5.43 Å². The van der Waals surface area contributed by atoms with Gasteiger partial charge in [-0.1, -0.05) is 18.2 Å². The zero-order valence-electron chi connectivity index (χ0n) is 15.0. The summed E-state index contributed by atoms with van der Waals surface area (Å²) in [6.45, 7) is 9.49. The van der Waals surface area contributed by atoms with Gasteiger partial charge in [-0.15, -0.1) is 0 Å². The van der Waals surface area contributed by atoms with Crippen molar-refractivity contribution in [1.29, 1.82) is 0 Å². The van der Waals surface area contributed by atoms with Crippen LogP contribution < -0.4 is 11.2 Å². The third-order valence-electron chi connectivity index (χ3n) is 4.55. The van der Waals surface area contributed by atoms with E-state index in [2.05, 4.69) is 43.1 Å². The number of nitrogens with zero attached hydrogens (tertiary/aromatic N) is 2. The monoisotopic (exact) mass is 318 g/mol. The summed E-state index contributed by atoms with van der Waals surface area (Å²) in [7, 11) is 1.68. The topological polar surface area (TPSA) is 62.9 Å². The van der Waals surface area contributed by atoms with Crippen LogP contribution in [0.25, 0.3) is 0 Å². The van der Waals surface area contributed by atoms with Gasteiger partial charge in [-0.2, -0.15) is 0 Å². The zero-order valence-corrected chi connectivity index (χ0v) is 15.0. The Labute approximate surface area is 139 Å². The molecule has 1 fully saturated rings. The number of aliphatic imine (C=N–C) groups is 1. The number of benzene rings is 1. The molecule has 128 valence electrons. The van der Waals surface area contributed by atoms with Gasteiger partial charge in [-0.05, 0) is 53.0 Å². The predicted molar refractivity (Wildman–Crippen MR) is 95.4 cm³/mol. The van der Waals surface area contributed by atoms with Gasteiger partial charge in [0.05, 0.1) is 12.3 Å². The third kappa shape index (κ3) is 4.24. The van der Waals surface area contributed by atoms with E-state index in [9.17, 15) is 0 Å². The summed E-state index contributed by atoms with van der Waals surface area (Å²) in [6.07, 6.45) is 3.50. The van der Waals surface area contributed by atoms with Crippen LogP contribution in [0.1, 0.15) is 52.5 Å². The quantitative estimate of drug-likeness (QED) is 0.660. The predicted octanol–water partition coefficient (Wildman–Crippen LogP) is 3.33. The highest BCUT2D eigenvalue weighted by molar-refractivity contribution is 5.81. The van der Waals surface area contributed by atoms with Crippen LogP contribution in [0.2, 0.25) is 0 Å². The molecule has 0 unspecified atom stereocenters. The molecule has 5 nitrogen and oxygen atoms in total. The van der Waals surface area contributed by atoms with Crippen molar-refractivity contribution in [1.82, 2.24) is 10.4 Å². The minimum atomic E-state index is 0.0357. The second-order valence-electron chi connectivity index (χ2n) is 7.48. The number of nitrogens with one attached hydrogen (secondary N) is 1. The van der Waals surface area contributed by atoms with Gasteiger partial charge in [-0.25, -0.2) is 10.0 Å². The Bertz CT molecular complexity index is 550. The van der Waals surface area contributed by atoms with Gasteiger partial charge < -0.3 is 10.5 Å².